The van der Waals surface area contributed by atoms with E-state index in [0.717, 1.165) is 22.5 Å². The second kappa shape index (κ2) is 9.22. The molecule has 1 aromatic carbocycles. The van der Waals surface area contributed by atoms with Gasteiger partial charge in [-0.15, -0.1) is 0 Å². The summed E-state index contributed by atoms with van der Waals surface area (Å²) in [5, 5.41) is 12.3. The van der Waals surface area contributed by atoms with E-state index >= 15 is 0 Å². The van der Waals surface area contributed by atoms with Crippen molar-refractivity contribution in [1.82, 2.24) is 29.6 Å². The fraction of sp³-hybridized carbons (Fsp3) is 0.273. The van der Waals surface area contributed by atoms with Crippen LogP contribution < -0.4 is 10.6 Å². The van der Waals surface area contributed by atoms with Gasteiger partial charge in [-0.25, -0.2) is 14.6 Å². The Labute approximate surface area is 185 Å². The first-order valence-electron chi connectivity index (χ1n) is 10.1. The summed E-state index contributed by atoms with van der Waals surface area (Å²) < 4.78 is 3.80. The number of nitrogens with one attached hydrogen (secondary N) is 2. The van der Waals surface area contributed by atoms with E-state index in [0.29, 0.717) is 23.8 Å². The zero-order chi connectivity index (χ0) is 21.8. The SMILES string of the molecule is CSc1nc(NC(C)C)c2cnn(CCNC(=O)c3ccc(-n4cccc4)cc3)c2n1. The molecule has 0 bridgehead atoms. The molecular formula is C22H25N7OS. The largest absolute Gasteiger partial charge is 0.367 e. The Balaban J connectivity index is 1.43. The Morgan fingerprint density at radius 1 is 1.13 bits per heavy atom. The minimum absolute atomic E-state index is 0.114. The number of thioether (sulfide) groups is 1. The number of carbonyl (C=O) groups is 1. The Hall–Kier alpha value is -3.33. The van der Waals surface area contributed by atoms with E-state index in [4.69, 9.17) is 0 Å². The Bertz CT molecular complexity index is 1170. The van der Waals surface area contributed by atoms with Crippen molar-refractivity contribution in [3.8, 4) is 5.69 Å². The first kappa shape index (κ1) is 20.9. The predicted octanol–water partition coefficient (Wildman–Crippen LogP) is 3.59. The van der Waals surface area contributed by atoms with Crippen LogP contribution in [0.2, 0.25) is 0 Å². The summed E-state index contributed by atoms with van der Waals surface area (Å²) in [6.45, 7) is 5.10. The van der Waals surface area contributed by atoms with E-state index in [2.05, 4.69) is 39.5 Å². The maximum atomic E-state index is 12.5. The van der Waals surface area contributed by atoms with Crippen LogP contribution in [0.15, 0.2) is 60.1 Å². The van der Waals surface area contributed by atoms with E-state index in [1.165, 1.54) is 11.8 Å². The van der Waals surface area contributed by atoms with Crippen molar-refractivity contribution in [2.75, 3.05) is 18.1 Å². The molecule has 31 heavy (non-hydrogen) atoms. The highest BCUT2D eigenvalue weighted by Gasteiger charge is 2.14. The summed E-state index contributed by atoms with van der Waals surface area (Å²) in [5.74, 6) is 0.666. The second-order valence-electron chi connectivity index (χ2n) is 7.36. The standard InChI is InChI=1S/C22H25N7OS/c1-15(2)25-19-18-14-24-29(20(18)27-22(26-19)31-3)13-10-23-21(30)16-6-8-17(9-7-16)28-11-4-5-12-28/h4-9,11-12,14-15H,10,13H2,1-3H3,(H,23,30)(H,25,26,27). The lowest BCUT2D eigenvalue weighted by Gasteiger charge is -2.11. The molecule has 0 fully saturated rings. The molecule has 1 amide bonds. The minimum atomic E-state index is -0.114. The van der Waals surface area contributed by atoms with Gasteiger partial charge in [-0.05, 0) is 56.5 Å². The molecule has 0 saturated carbocycles. The first-order valence-corrected chi connectivity index (χ1v) is 11.3. The maximum Gasteiger partial charge on any atom is 0.251 e. The molecule has 9 heteroatoms. The smallest absolute Gasteiger partial charge is 0.251 e. The number of rotatable bonds is 8. The molecule has 0 aliphatic heterocycles. The molecule has 2 N–H and O–H groups in total. The number of amides is 1. The lowest BCUT2D eigenvalue weighted by atomic mass is 10.2. The van der Waals surface area contributed by atoms with Crippen LogP contribution in [-0.4, -0.2) is 49.1 Å². The molecule has 4 aromatic rings. The van der Waals surface area contributed by atoms with Crippen molar-refractivity contribution in [3.63, 3.8) is 0 Å². The zero-order valence-electron chi connectivity index (χ0n) is 17.7. The number of benzene rings is 1. The highest BCUT2D eigenvalue weighted by atomic mass is 32.2. The van der Waals surface area contributed by atoms with Gasteiger partial charge < -0.3 is 15.2 Å². The number of fused-ring (bicyclic) bond motifs is 1. The quantitative estimate of drug-likeness (QED) is 0.325. The van der Waals surface area contributed by atoms with E-state index in [9.17, 15) is 4.79 Å². The van der Waals surface area contributed by atoms with Gasteiger partial charge in [0.05, 0.1) is 18.1 Å². The first-order chi connectivity index (χ1) is 15.0. The summed E-state index contributed by atoms with van der Waals surface area (Å²) in [4.78, 5) is 21.7. The van der Waals surface area contributed by atoms with Gasteiger partial charge in [0.1, 0.15) is 5.82 Å². The fourth-order valence-corrected chi connectivity index (χ4v) is 3.60. The van der Waals surface area contributed by atoms with Crippen LogP contribution in [0.1, 0.15) is 24.2 Å². The van der Waals surface area contributed by atoms with Gasteiger partial charge >= 0.3 is 0 Å². The van der Waals surface area contributed by atoms with Crippen LogP contribution >= 0.6 is 11.8 Å². The molecule has 0 spiro atoms. The summed E-state index contributed by atoms with van der Waals surface area (Å²) >= 11 is 1.49. The summed E-state index contributed by atoms with van der Waals surface area (Å²) in [6.07, 6.45) is 7.66. The van der Waals surface area contributed by atoms with Crippen molar-refractivity contribution in [1.29, 1.82) is 0 Å². The minimum Gasteiger partial charge on any atom is -0.367 e. The summed E-state index contributed by atoms with van der Waals surface area (Å²) in [6, 6.07) is 11.7. The molecule has 3 heterocycles. The van der Waals surface area contributed by atoms with E-state index in [-0.39, 0.29) is 11.9 Å². The fourth-order valence-electron chi connectivity index (χ4n) is 3.24. The van der Waals surface area contributed by atoms with Gasteiger partial charge in [-0.1, -0.05) is 11.8 Å². The summed E-state index contributed by atoms with van der Waals surface area (Å²) in [7, 11) is 0. The van der Waals surface area contributed by atoms with Crippen molar-refractivity contribution in [2.24, 2.45) is 0 Å². The normalized spacial score (nSPS) is 11.2. The van der Waals surface area contributed by atoms with Crippen molar-refractivity contribution >= 4 is 34.5 Å². The summed E-state index contributed by atoms with van der Waals surface area (Å²) in [5.41, 5.74) is 2.39. The monoisotopic (exact) mass is 435 g/mol. The van der Waals surface area contributed by atoms with Crippen LogP contribution in [0.3, 0.4) is 0 Å². The molecule has 0 aliphatic carbocycles. The Morgan fingerprint density at radius 3 is 2.55 bits per heavy atom. The van der Waals surface area contributed by atoms with Crippen LogP contribution in [0.4, 0.5) is 5.82 Å². The molecule has 160 valence electrons. The molecular weight excluding hydrogens is 410 g/mol. The topological polar surface area (TPSA) is 89.7 Å². The van der Waals surface area contributed by atoms with E-state index < -0.39 is 0 Å². The highest BCUT2D eigenvalue weighted by Crippen LogP contribution is 2.23. The van der Waals surface area contributed by atoms with Gasteiger partial charge in [0, 0.05) is 36.2 Å². The number of hydrogen-bond acceptors (Lipinski definition) is 6. The number of hydrogen-bond donors (Lipinski definition) is 2. The van der Waals surface area contributed by atoms with Crippen molar-refractivity contribution in [3.05, 3.63) is 60.6 Å². The lowest BCUT2D eigenvalue weighted by Crippen LogP contribution is -2.27. The van der Waals surface area contributed by atoms with Gasteiger partial charge in [-0.3, -0.25) is 4.79 Å². The molecule has 4 rings (SSSR count). The third-order valence-corrected chi connectivity index (χ3v) is 5.27. The van der Waals surface area contributed by atoms with E-state index in [1.54, 1.807) is 10.9 Å². The number of nitrogens with zero attached hydrogens (tertiary/aromatic N) is 5. The van der Waals surface area contributed by atoms with Gasteiger partial charge in [0.15, 0.2) is 10.8 Å². The third-order valence-electron chi connectivity index (χ3n) is 4.72. The number of carbonyl (C=O) groups excluding carboxylic acids is 1. The van der Waals surface area contributed by atoms with E-state index in [1.807, 2.05) is 59.6 Å². The van der Waals surface area contributed by atoms with Crippen LogP contribution in [0.5, 0.6) is 0 Å². The van der Waals surface area contributed by atoms with Crippen LogP contribution in [0.25, 0.3) is 16.7 Å². The molecule has 0 unspecified atom stereocenters. The average molecular weight is 436 g/mol. The van der Waals surface area contributed by atoms with Gasteiger partial charge in [0.25, 0.3) is 5.91 Å². The average Bonchev–Trinajstić information content (AvgIpc) is 3.44. The highest BCUT2D eigenvalue weighted by molar-refractivity contribution is 7.98. The van der Waals surface area contributed by atoms with Gasteiger partial charge in [-0.2, -0.15) is 5.10 Å². The second-order valence-corrected chi connectivity index (χ2v) is 8.13. The third kappa shape index (κ3) is 4.72. The number of aromatic nitrogens is 5. The molecule has 0 aliphatic rings. The molecule has 3 aromatic heterocycles. The van der Waals surface area contributed by atoms with Crippen LogP contribution in [-0.2, 0) is 6.54 Å². The Kier molecular flexibility index (Phi) is 6.22. The molecule has 0 radical (unpaired) electrons. The van der Waals surface area contributed by atoms with Gasteiger partial charge in [0.2, 0.25) is 0 Å². The molecule has 0 saturated heterocycles. The van der Waals surface area contributed by atoms with Crippen LogP contribution in [0, 0.1) is 0 Å². The molecule has 0 atom stereocenters. The van der Waals surface area contributed by atoms with Crippen molar-refractivity contribution < 1.29 is 4.79 Å². The van der Waals surface area contributed by atoms with Crippen molar-refractivity contribution in [2.45, 2.75) is 31.6 Å². The molecule has 8 nitrogen and oxygen atoms in total. The lowest BCUT2D eigenvalue weighted by molar-refractivity contribution is 0.0952. The number of anilines is 1. The predicted molar refractivity (Wildman–Crippen MR) is 124 cm³/mol. The maximum absolute atomic E-state index is 12.5. The zero-order valence-corrected chi connectivity index (χ0v) is 18.6. The Morgan fingerprint density at radius 2 is 1.87 bits per heavy atom.